The first-order valence-electron chi connectivity index (χ1n) is 7.05. The number of amides is 2. The minimum Gasteiger partial charge on any atom is -0.328 e. The van der Waals surface area contributed by atoms with E-state index >= 15 is 0 Å². The molecule has 0 radical (unpaired) electrons. The summed E-state index contributed by atoms with van der Waals surface area (Å²) < 4.78 is 13.3. The molecule has 1 fully saturated rings. The summed E-state index contributed by atoms with van der Waals surface area (Å²) in [6.07, 6.45) is 0. The van der Waals surface area contributed by atoms with E-state index in [1.54, 1.807) is 6.07 Å². The highest BCUT2D eigenvalue weighted by Gasteiger charge is 2.33. The van der Waals surface area contributed by atoms with Crippen molar-refractivity contribution in [3.63, 3.8) is 0 Å². The molecule has 1 aliphatic heterocycles. The summed E-state index contributed by atoms with van der Waals surface area (Å²) in [5.74, 6) is -1.60. The lowest BCUT2D eigenvalue weighted by molar-refractivity contribution is -0.146. The molecule has 1 saturated heterocycles. The van der Waals surface area contributed by atoms with Gasteiger partial charge in [-0.1, -0.05) is 36.4 Å². The van der Waals surface area contributed by atoms with Crippen LogP contribution in [0.1, 0.15) is 5.56 Å². The molecule has 112 valence electrons. The number of halogens is 1. The van der Waals surface area contributed by atoms with Gasteiger partial charge in [0.05, 0.1) is 0 Å². The van der Waals surface area contributed by atoms with Gasteiger partial charge in [-0.2, -0.15) is 0 Å². The molecule has 4 nitrogen and oxygen atoms in total. The van der Waals surface area contributed by atoms with Crippen molar-refractivity contribution in [3.05, 3.63) is 66.0 Å². The van der Waals surface area contributed by atoms with Crippen molar-refractivity contribution in [3.8, 4) is 0 Å². The van der Waals surface area contributed by atoms with Crippen LogP contribution in [0.2, 0.25) is 0 Å². The minimum absolute atomic E-state index is 0.362. The van der Waals surface area contributed by atoms with Crippen LogP contribution in [0.25, 0.3) is 0 Å². The summed E-state index contributed by atoms with van der Waals surface area (Å²) in [7, 11) is 0. The van der Waals surface area contributed by atoms with Gasteiger partial charge in [0.2, 0.25) is 0 Å². The first-order chi connectivity index (χ1) is 10.6. The maximum absolute atomic E-state index is 13.3. The molecule has 5 heteroatoms. The Balaban J connectivity index is 1.75. The Morgan fingerprint density at radius 1 is 0.909 bits per heavy atom. The van der Waals surface area contributed by atoms with E-state index < -0.39 is 17.6 Å². The SMILES string of the molecule is O=C1C(=O)N(c2cccc(F)c2)CCN1Cc1ccccc1. The van der Waals surface area contributed by atoms with E-state index in [1.165, 1.54) is 28.0 Å². The number of hydrogen-bond acceptors (Lipinski definition) is 2. The van der Waals surface area contributed by atoms with Crippen LogP contribution in [0, 0.1) is 5.82 Å². The predicted octanol–water partition coefficient (Wildman–Crippen LogP) is 2.20. The Kier molecular flexibility index (Phi) is 3.87. The fourth-order valence-electron chi connectivity index (χ4n) is 2.52. The molecule has 0 unspecified atom stereocenters. The van der Waals surface area contributed by atoms with Crippen molar-refractivity contribution < 1.29 is 14.0 Å². The van der Waals surface area contributed by atoms with Gasteiger partial charge in [0.1, 0.15) is 5.82 Å². The first kappa shape index (κ1) is 14.3. The molecule has 0 aromatic heterocycles. The third kappa shape index (κ3) is 2.83. The zero-order valence-corrected chi connectivity index (χ0v) is 11.9. The van der Waals surface area contributed by atoms with Gasteiger partial charge in [-0.05, 0) is 23.8 Å². The number of nitrogens with zero attached hydrogens (tertiary/aromatic N) is 2. The lowest BCUT2D eigenvalue weighted by Gasteiger charge is -2.33. The predicted molar refractivity (Wildman–Crippen MR) is 80.6 cm³/mol. The molecule has 2 aromatic rings. The van der Waals surface area contributed by atoms with Crippen molar-refractivity contribution >= 4 is 17.5 Å². The van der Waals surface area contributed by atoms with E-state index in [4.69, 9.17) is 0 Å². The third-order valence-electron chi connectivity index (χ3n) is 3.64. The quantitative estimate of drug-likeness (QED) is 0.815. The smallest absolute Gasteiger partial charge is 0.316 e. The monoisotopic (exact) mass is 298 g/mol. The number of carbonyl (C=O) groups excluding carboxylic acids is 2. The standard InChI is InChI=1S/C17H15FN2O2/c18-14-7-4-8-15(11-14)20-10-9-19(16(21)17(20)22)12-13-5-2-1-3-6-13/h1-8,11H,9-10,12H2. The molecule has 0 bridgehead atoms. The van der Waals surface area contributed by atoms with Gasteiger partial charge in [0, 0.05) is 25.3 Å². The van der Waals surface area contributed by atoms with Crippen LogP contribution in [0.3, 0.4) is 0 Å². The number of anilines is 1. The normalized spacial score (nSPS) is 15.3. The van der Waals surface area contributed by atoms with Gasteiger partial charge < -0.3 is 9.80 Å². The second kappa shape index (κ2) is 5.97. The maximum Gasteiger partial charge on any atom is 0.316 e. The van der Waals surface area contributed by atoms with Crippen LogP contribution in [0.15, 0.2) is 54.6 Å². The van der Waals surface area contributed by atoms with Gasteiger partial charge in [-0.25, -0.2) is 4.39 Å². The van der Waals surface area contributed by atoms with Gasteiger partial charge in [-0.15, -0.1) is 0 Å². The number of carbonyl (C=O) groups is 2. The van der Waals surface area contributed by atoms with Crippen LogP contribution in [-0.4, -0.2) is 29.8 Å². The summed E-state index contributed by atoms with van der Waals surface area (Å²) >= 11 is 0. The molecule has 3 rings (SSSR count). The van der Waals surface area contributed by atoms with E-state index in [0.29, 0.717) is 25.3 Å². The number of benzene rings is 2. The molecule has 0 saturated carbocycles. The van der Waals surface area contributed by atoms with Crippen molar-refractivity contribution in [1.82, 2.24) is 4.90 Å². The molecular formula is C17H15FN2O2. The summed E-state index contributed by atoms with van der Waals surface area (Å²) in [6, 6.07) is 15.2. The Labute approximate surface area is 127 Å². The average molecular weight is 298 g/mol. The summed E-state index contributed by atoms with van der Waals surface area (Å²) in [5.41, 5.74) is 1.39. The largest absolute Gasteiger partial charge is 0.328 e. The number of piperazine rings is 1. The van der Waals surface area contributed by atoms with Crippen LogP contribution in [0.5, 0.6) is 0 Å². The molecule has 22 heavy (non-hydrogen) atoms. The second-order valence-electron chi connectivity index (χ2n) is 5.15. The molecule has 2 aromatic carbocycles. The summed E-state index contributed by atoms with van der Waals surface area (Å²) in [4.78, 5) is 27.3. The Bertz CT molecular complexity index is 703. The summed E-state index contributed by atoms with van der Waals surface area (Å²) in [6.45, 7) is 1.19. The average Bonchev–Trinajstić information content (AvgIpc) is 2.53. The van der Waals surface area contributed by atoms with E-state index in [9.17, 15) is 14.0 Å². The van der Waals surface area contributed by atoms with Crippen molar-refractivity contribution in [2.45, 2.75) is 6.54 Å². The molecule has 0 spiro atoms. The Morgan fingerprint density at radius 3 is 2.41 bits per heavy atom. The van der Waals surface area contributed by atoms with E-state index in [-0.39, 0.29) is 0 Å². The summed E-state index contributed by atoms with van der Waals surface area (Å²) in [5, 5.41) is 0. The van der Waals surface area contributed by atoms with Gasteiger partial charge in [-0.3, -0.25) is 9.59 Å². The molecule has 1 heterocycles. The van der Waals surface area contributed by atoms with Crippen LogP contribution in [-0.2, 0) is 16.1 Å². The Morgan fingerprint density at radius 2 is 1.68 bits per heavy atom. The highest BCUT2D eigenvalue weighted by Crippen LogP contribution is 2.19. The fourth-order valence-corrected chi connectivity index (χ4v) is 2.52. The molecule has 1 aliphatic rings. The van der Waals surface area contributed by atoms with Crippen molar-refractivity contribution in [2.24, 2.45) is 0 Å². The van der Waals surface area contributed by atoms with Crippen LogP contribution in [0.4, 0.5) is 10.1 Å². The Hall–Kier alpha value is -2.69. The molecule has 2 amide bonds. The van der Waals surface area contributed by atoms with Crippen LogP contribution < -0.4 is 4.90 Å². The van der Waals surface area contributed by atoms with E-state index in [1.807, 2.05) is 30.3 Å². The topological polar surface area (TPSA) is 40.6 Å². The van der Waals surface area contributed by atoms with E-state index in [2.05, 4.69) is 0 Å². The first-order valence-corrected chi connectivity index (χ1v) is 7.05. The molecule has 0 atom stereocenters. The zero-order chi connectivity index (χ0) is 15.5. The third-order valence-corrected chi connectivity index (χ3v) is 3.64. The lowest BCUT2D eigenvalue weighted by Crippen LogP contribution is -2.54. The minimum atomic E-state index is -0.618. The molecular weight excluding hydrogens is 283 g/mol. The number of rotatable bonds is 3. The van der Waals surface area contributed by atoms with Gasteiger partial charge >= 0.3 is 11.8 Å². The molecule has 0 N–H and O–H groups in total. The second-order valence-corrected chi connectivity index (χ2v) is 5.15. The highest BCUT2D eigenvalue weighted by molar-refractivity contribution is 6.40. The van der Waals surface area contributed by atoms with E-state index in [0.717, 1.165) is 5.56 Å². The van der Waals surface area contributed by atoms with Gasteiger partial charge in [0.25, 0.3) is 0 Å². The highest BCUT2D eigenvalue weighted by atomic mass is 19.1. The number of hydrogen-bond donors (Lipinski definition) is 0. The lowest BCUT2D eigenvalue weighted by atomic mass is 10.1. The maximum atomic E-state index is 13.3. The molecule has 0 aliphatic carbocycles. The fraction of sp³-hybridized carbons (Fsp3) is 0.176. The van der Waals surface area contributed by atoms with Crippen LogP contribution >= 0.6 is 0 Å². The zero-order valence-electron chi connectivity index (χ0n) is 11.9. The van der Waals surface area contributed by atoms with Gasteiger partial charge in [0.15, 0.2) is 0 Å². The van der Waals surface area contributed by atoms with Crippen molar-refractivity contribution in [2.75, 3.05) is 18.0 Å². The van der Waals surface area contributed by atoms with Crippen molar-refractivity contribution in [1.29, 1.82) is 0 Å².